The minimum absolute atomic E-state index is 0.813. The van der Waals surface area contributed by atoms with E-state index in [0.717, 1.165) is 24.5 Å². The molecule has 126 valence electrons. The molecule has 3 fully saturated rings. The number of rotatable bonds is 3. The van der Waals surface area contributed by atoms with E-state index in [0.29, 0.717) is 0 Å². The molecule has 0 aromatic heterocycles. The van der Waals surface area contributed by atoms with Gasteiger partial charge in [0.2, 0.25) is 0 Å². The molecule has 2 atom stereocenters. The lowest BCUT2D eigenvalue weighted by Crippen LogP contribution is -2.59. The van der Waals surface area contributed by atoms with Crippen LogP contribution in [0.15, 0.2) is 24.3 Å². The summed E-state index contributed by atoms with van der Waals surface area (Å²) >= 11 is 0. The number of hydrogen-bond acceptors (Lipinski definition) is 2. The SMILES string of the molecule is Cc1ccc(CN2CCN3CCCC3C2C2CCCCC2)cc1. The Bertz CT molecular complexity index is 503. The molecule has 0 amide bonds. The maximum Gasteiger partial charge on any atom is 0.0283 e. The van der Waals surface area contributed by atoms with Gasteiger partial charge in [0.1, 0.15) is 0 Å². The Morgan fingerprint density at radius 3 is 2.43 bits per heavy atom. The summed E-state index contributed by atoms with van der Waals surface area (Å²) in [5.41, 5.74) is 2.88. The van der Waals surface area contributed by atoms with Gasteiger partial charge >= 0.3 is 0 Å². The average molecular weight is 313 g/mol. The van der Waals surface area contributed by atoms with Gasteiger partial charge in [-0.1, -0.05) is 49.1 Å². The van der Waals surface area contributed by atoms with Crippen molar-refractivity contribution in [1.29, 1.82) is 0 Å². The highest BCUT2D eigenvalue weighted by Crippen LogP contribution is 2.38. The number of piperazine rings is 1. The molecule has 2 heterocycles. The van der Waals surface area contributed by atoms with E-state index in [2.05, 4.69) is 41.0 Å². The maximum atomic E-state index is 2.85. The van der Waals surface area contributed by atoms with Crippen LogP contribution >= 0.6 is 0 Å². The average Bonchev–Trinajstić information content (AvgIpc) is 3.06. The van der Waals surface area contributed by atoms with Crippen molar-refractivity contribution >= 4 is 0 Å². The normalized spacial score (nSPS) is 30.5. The molecule has 2 heteroatoms. The Balaban J connectivity index is 1.53. The Hall–Kier alpha value is -0.860. The van der Waals surface area contributed by atoms with Crippen molar-refractivity contribution in [1.82, 2.24) is 9.80 Å². The molecule has 2 nitrogen and oxygen atoms in total. The fourth-order valence-corrected chi connectivity index (χ4v) is 5.37. The topological polar surface area (TPSA) is 6.48 Å². The summed E-state index contributed by atoms with van der Waals surface area (Å²) in [6.45, 7) is 7.26. The van der Waals surface area contributed by atoms with Crippen molar-refractivity contribution in [2.45, 2.75) is 70.5 Å². The molecule has 1 aromatic carbocycles. The minimum Gasteiger partial charge on any atom is -0.298 e. The molecule has 2 unspecified atom stereocenters. The number of hydrogen-bond donors (Lipinski definition) is 0. The van der Waals surface area contributed by atoms with Gasteiger partial charge < -0.3 is 0 Å². The Kier molecular flexibility index (Phi) is 4.73. The van der Waals surface area contributed by atoms with Crippen LogP contribution in [0.25, 0.3) is 0 Å². The van der Waals surface area contributed by atoms with Crippen molar-refractivity contribution in [3.8, 4) is 0 Å². The van der Waals surface area contributed by atoms with E-state index >= 15 is 0 Å². The van der Waals surface area contributed by atoms with Crippen molar-refractivity contribution in [2.24, 2.45) is 5.92 Å². The number of aryl methyl sites for hydroxylation is 1. The quantitative estimate of drug-likeness (QED) is 0.824. The van der Waals surface area contributed by atoms with Gasteiger partial charge in [0.25, 0.3) is 0 Å². The predicted octanol–water partition coefficient (Wildman–Crippen LogP) is 4.22. The lowest BCUT2D eigenvalue weighted by atomic mass is 9.78. The van der Waals surface area contributed by atoms with Crippen LogP contribution < -0.4 is 0 Å². The highest BCUT2D eigenvalue weighted by atomic mass is 15.3. The van der Waals surface area contributed by atoms with Crippen LogP contribution in [0.4, 0.5) is 0 Å². The second-order valence-electron chi connectivity index (χ2n) is 8.09. The highest BCUT2D eigenvalue weighted by Gasteiger charge is 2.42. The van der Waals surface area contributed by atoms with Crippen LogP contribution in [0, 0.1) is 12.8 Å². The lowest BCUT2D eigenvalue weighted by molar-refractivity contribution is -0.00380. The number of fused-ring (bicyclic) bond motifs is 1. The first-order valence-corrected chi connectivity index (χ1v) is 9.85. The van der Waals surface area contributed by atoms with E-state index in [1.807, 2.05) is 0 Å². The van der Waals surface area contributed by atoms with E-state index in [1.54, 1.807) is 0 Å². The molecule has 4 rings (SSSR count). The van der Waals surface area contributed by atoms with Crippen molar-refractivity contribution < 1.29 is 0 Å². The van der Waals surface area contributed by atoms with Crippen molar-refractivity contribution in [3.63, 3.8) is 0 Å². The highest BCUT2D eigenvalue weighted by molar-refractivity contribution is 5.21. The fraction of sp³-hybridized carbons (Fsp3) is 0.714. The zero-order valence-corrected chi connectivity index (χ0v) is 14.7. The van der Waals surface area contributed by atoms with Crippen LogP contribution in [0.3, 0.4) is 0 Å². The zero-order valence-electron chi connectivity index (χ0n) is 14.7. The minimum atomic E-state index is 0.813. The van der Waals surface area contributed by atoms with Gasteiger partial charge in [-0.25, -0.2) is 0 Å². The monoisotopic (exact) mass is 312 g/mol. The van der Waals surface area contributed by atoms with E-state index < -0.39 is 0 Å². The van der Waals surface area contributed by atoms with Gasteiger partial charge in [0.15, 0.2) is 0 Å². The molecule has 1 aliphatic carbocycles. The van der Waals surface area contributed by atoms with Crippen LogP contribution in [-0.4, -0.2) is 41.5 Å². The Morgan fingerprint density at radius 2 is 1.65 bits per heavy atom. The molecule has 1 saturated carbocycles. The molecule has 2 aliphatic heterocycles. The number of nitrogens with zero attached hydrogens (tertiary/aromatic N) is 2. The lowest BCUT2D eigenvalue weighted by Gasteiger charge is -2.49. The fourth-order valence-electron chi connectivity index (χ4n) is 5.37. The first-order chi connectivity index (χ1) is 11.3. The van der Waals surface area contributed by atoms with E-state index in [-0.39, 0.29) is 0 Å². The Morgan fingerprint density at radius 1 is 0.870 bits per heavy atom. The third kappa shape index (κ3) is 3.34. The molecule has 0 spiro atoms. The summed E-state index contributed by atoms with van der Waals surface area (Å²) in [5.74, 6) is 0.945. The molecule has 0 bridgehead atoms. The first kappa shape index (κ1) is 15.7. The van der Waals surface area contributed by atoms with Crippen LogP contribution in [0.1, 0.15) is 56.1 Å². The third-order valence-electron chi connectivity index (χ3n) is 6.54. The predicted molar refractivity (Wildman–Crippen MR) is 96.5 cm³/mol. The van der Waals surface area contributed by atoms with Crippen molar-refractivity contribution in [2.75, 3.05) is 19.6 Å². The standard InChI is InChI=1S/C21H32N2/c1-17-9-11-18(12-10-17)16-23-15-14-22-13-5-8-20(22)21(23)19-6-3-2-4-7-19/h9-12,19-21H,2-8,13-16H2,1H3. The van der Waals surface area contributed by atoms with Gasteiger partial charge in [-0.2, -0.15) is 0 Å². The van der Waals surface area contributed by atoms with Gasteiger partial charge in [0, 0.05) is 31.7 Å². The summed E-state index contributed by atoms with van der Waals surface area (Å²) in [6, 6.07) is 10.9. The summed E-state index contributed by atoms with van der Waals surface area (Å²) in [7, 11) is 0. The molecule has 0 radical (unpaired) electrons. The molecule has 2 saturated heterocycles. The van der Waals surface area contributed by atoms with E-state index in [9.17, 15) is 0 Å². The molecule has 0 N–H and O–H groups in total. The van der Waals surface area contributed by atoms with Gasteiger partial charge in [-0.05, 0) is 50.6 Å². The van der Waals surface area contributed by atoms with Crippen molar-refractivity contribution in [3.05, 3.63) is 35.4 Å². The smallest absolute Gasteiger partial charge is 0.0283 e. The summed E-state index contributed by atoms with van der Waals surface area (Å²) < 4.78 is 0. The molecule has 3 aliphatic rings. The summed E-state index contributed by atoms with van der Waals surface area (Å²) in [6.07, 6.45) is 10.2. The molecular weight excluding hydrogens is 280 g/mol. The van der Waals surface area contributed by atoms with E-state index in [1.165, 1.54) is 75.7 Å². The van der Waals surface area contributed by atoms with Crippen LogP contribution in [0.2, 0.25) is 0 Å². The molecule has 1 aromatic rings. The third-order valence-corrected chi connectivity index (χ3v) is 6.54. The van der Waals surface area contributed by atoms with Gasteiger partial charge in [0.05, 0.1) is 0 Å². The van der Waals surface area contributed by atoms with Gasteiger partial charge in [-0.3, -0.25) is 9.80 Å². The largest absolute Gasteiger partial charge is 0.298 e. The summed E-state index contributed by atoms with van der Waals surface area (Å²) in [4.78, 5) is 5.66. The molecular formula is C21H32N2. The molecule has 23 heavy (non-hydrogen) atoms. The van der Waals surface area contributed by atoms with Crippen LogP contribution in [-0.2, 0) is 6.54 Å². The first-order valence-electron chi connectivity index (χ1n) is 9.85. The number of benzene rings is 1. The maximum absolute atomic E-state index is 2.85. The van der Waals surface area contributed by atoms with Crippen LogP contribution in [0.5, 0.6) is 0 Å². The second-order valence-corrected chi connectivity index (χ2v) is 8.09. The Labute approximate surface area is 141 Å². The second kappa shape index (κ2) is 6.94. The summed E-state index contributed by atoms with van der Waals surface area (Å²) in [5, 5.41) is 0. The van der Waals surface area contributed by atoms with E-state index in [4.69, 9.17) is 0 Å². The zero-order chi connectivity index (χ0) is 15.6. The van der Waals surface area contributed by atoms with Gasteiger partial charge in [-0.15, -0.1) is 0 Å².